The van der Waals surface area contributed by atoms with Crippen LogP contribution in [-0.4, -0.2) is 4.57 Å². The summed E-state index contributed by atoms with van der Waals surface area (Å²) in [7, 11) is 0. The number of aromatic nitrogens is 1. The van der Waals surface area contributed by atoms with Gasteiger partial charge in [0.2, 0.25) is 0 Å². The summed E-state index contributed by atoms with van der Waals surface area (Å²) >= 11 is 0. The summed E-state index contributed by atoms with van der Waals surface area (Å²) in [5.74, 6) is -0.280. The van der Waals surface area contributed by atoms with Gasteiger partial charge in [-0.25, -0.2) is 4.39 Å². The summed E-state index contributed by atoms with van der Waals surface area (Å²) in [5.41, 5.74) is 0.597. The number of benzene rings is 1. The Morgan fingerprint density at radius 1 is 1.27 bits per heavy atom. The molecule has 0 spiro atoms. The molecule has 0 atom stereocenters. The number of rotatable bonds is 2. The van der Waals surface area contributed by atoms with Crippen LogP contribution >= 0.6 is 0 Å². The van der Waals surface area contributed by atoms with Gasteiger partial charge in [-0.1, -0.05) is 13.0 Å². The van der Waals surface area contributed by atoms with Crippen LogP contribution in [0.2, 0.25) is 0 Å². The zero-order valence-electron chi connectivity index (χ0n) is 8.53. The molecule has 1 aromatic heterocycles. The Labute approximate surface area is 87.0 Å². The number of hydrogen-bond acceptors (Lipinski definition) is 1. The third kappa shape index (κ3) is 1.65. The van der Waals surface area contributed by atoms with E-state index in [1.807, 2.05) is 6.92 Å². The fraction of sp³-hybridized carbons (Fsp3) is 0.250. The number of hydrogen-bond donors (Lipinski definition) is 0. The molecule has 2 nitrogen and oxygen atoms in total. The third-order valence-corrected chi connectivity index (χ3v) is 2.43. The zero-order valence-corrected chi connectivity index (χ0v) is 8.53. The van der Waals surface area contributed by atoms with Gasteiger partial charge < -0.3 is 4.57 Å². The van der Waals surface area contributed by atoms with Crippen molar-refractivity contribution in [2.75, 3.05) is 0 Å². The summed E-state index contributed by atoms with van der Waals surface area (Å²) in [4.78, 5) is 11.6. The summed E-state index contributed by atoms with van der Waals surface area (Å²) in [5, 5.41) is 0.505. The van der Waals surface area contributed by atoms with E-state index >= 15 is 0 Å². The second-order valence-corrected chi connectivity index (χ2v) is 3.50. The molecule has 0 amide bonds. The van der Waals surface area contributed by atoms with Crippen molar-refractivity contribution >= 4 is 10.9 Å². The molecule has 0 saturated heterocycles. The van der Waals surface area contributed by atoms with Gasteiger partial charge in [0.05, 0.1) is 5.52 Å². The third-order valence-electron chi connectivity index (χ3n) is 2.43. The fourth-order valence-corrected chi connectivity index (χ4v) is 1.74. The van der Waals surface area contributed by atoms with E-state index in [0.717, 1.165) is 6.42 Å². The largest absolute Gasteiger partial charge is 0.308 e. The van der Waals surface area contributed by atoms with Gasteiger partial charge in [0, 0.05) is 18.0 Å². The first-order chi connectivity index (χ1) is 7.24. The summed E-state index contributed by atoms with van der Waals surface area (Å²) < 4.78 is 15.0. The van der Waals surface area contributed by atoms with Crippen LogP contribution in [0.1, 0.15) is 13.3 Å². The topological polar surface area (TPSA) is 22.0 Å². The minimum absolute atomic E-state index is 0.0741. The predicted molar refractivity (Wildman–Crippen MR) is 58.5 cm³/mol. The van der Waals surface area contributed by atoms with Crippen LogP contribution in [0, 0.1) is 5.82 Å². The monoisotopic (exact) mass is 205 g/mol. The summed E-state index contributed by atoms with van der Waals surface area (Å²) in [6.45, 7) is 2.62. The van der Waals surface area contributed by atoms with E-state index in [4.69, 9.17) is 0 Å². The normalized spacial score (nSPS) is 10.8. The second kappa shape index (κ2) is 3.85. The number of fused-ring (bicyclic) bond motifs is 1. The van der Waals surface area contributed by atoms with E-state index in [1.165, 1.54) is 12.1 Å². The lowest BCUT2D eigenvalue weighted by atomic mass is 10.2. The Hall–Kier alpha value is -1.64. The number of pyridine rings is 1. The van der Waals surface area contributed by atoms with Crippen LogP contribution in [0.4, 0.5) is 4.39 Å². The van der Waals surface area contributed by atoms with Crippen molar-refractivity contribution in [2.45, 2.75) is 19.9 Å². The van der Waals surface area contributed by atoms with Crippen molar-refractivity contribution in [2.24, 2.45) is 0 Å². The highest BCUT2D eigenvalue weighted by atomic mass is 19.1. The lowest BCUT2D eigenvalue weighted by molar-refractivity contribution is 0.634. The summed E-state index contributed by atoms with van der Waals surface area (Å²) in [6, 6.07) is 7.77. The fourth-order valence-electron chi connectivity index (χ4n) is 1.74. The van der Waals surface area contributed by atoms with E-state index in [1.54, 1.807) is 22.8 Å². The SMILES string of the molecule is CCCn1c(=O)ccc2c(F)cccc21. The average Bonchev–Trinajstić information content (AvgIpc) is 2.23. The molecule has 15 heavy (non-hydrogen) atoms. The van der Waals surface area contributed by atoms with Crippen molar-refractivity contribution in [3.8, 4) is 0 Å². The van der Waals surface area contributed by atoms with E-state index in [2.05, 4.69) is 0 Å². The molecule has 2 aromatic rings. The number of nitrogens with zero attached hydrogens (tertiary/aromatic N) is 1. The first-order valence-electron chi connectivity index (χ1n) is 5.02. The van der Waals surface area contributed by atoms with Crippen molar-refractivity contribution in [1.29, 1.82) is 0 Å². The molecular weight excluding hydrogens is 193 g/mol. The van der Waals surface area contributed by atoms with Gasteiger partial charge >= 0.3 is 0 Å². The van der Waals surface area contributed by atoms with Crippen LogP contribution in [0.3, 0.4) is 0 Å². The highest BCUT2D eigenvalue weighted by Crippen LogP contribution is 2.15. The molecule has 2 rings (SSSR count). The zero-order chi connectivity index (χ0) is 10.8. The molecular formula is C12H12FNO. The Bertz CT molecular complexity index is 545. The standard InChI is InChI=1S/C12H12FNO/c1-2-8-14-11-5-3-4-10(13)9(11)6-7-12(14)15/h3-7H,2,8H2,1H3. The molecule has 0 aliphatic carbocycles. The minimum Gasteiger partial charge on any atom is -0.308 e. The van der Waals surface area contributed by atoms with Crippen LogP contribution in [0.25, 0.3) is 10.9 Å². The van der Waals surface area contributed by atoms with Crippen molar-refractivity contribution in [3.63, 3.8) is 0 Å². The van der Waals surface area contributed by atoms with Gasteiger partial charge in [-0.05, 0) is 24.6 Å². The van der Waals surface area contributed by atoms with E-state index < -0.39 is 0 Å². The first-order valence-corrected chi connectivity index (χ1v) is 5.02. The van der Waals surface area contributed by atoms with Gasteiger partial charge in [0.15, 0.2) is 0 Å². The lowest BCUT2D eigenvalue weighted by Gasteiger charge is -2.08. The maximum Gasteiger partial charge on any atom is 0.251 e. The van der Waals surface area contributed by atoms with Crippen LogP contribution in [0.15, 0.2) is 35.1 Å². The van der Waals surface area contributed by atoms with Crippen LogP contribution in [-0.2, 0) is 6.54 Å². The quantitative estimate of drug-likeness (QED) is 0.738. The molecule has 0 bridgehead atoms. The molecule has 3 heteroatoms. The maximum absolute atomic E-state index is 13.4. The highest BCUT2D eigenvalue weighted by Gasteiger charge is 2.04. The van der Waals surface area contributed by atoms with Gasteiger partial charge in [0.25, 0.3) is 5.56 Å². The summed E-state index contributed by atoms with van der Waals surface area (Å²) in [6.07, 6.45) is 0.857. The Kier molecular flexibility index (Phi) is 2.54. The molecule has 0 aliphatic heterocycles. The van der Waals surface area contributed by atoms with E-state index in [9.17, 15) is 9.18 Å². The average molecular weight is 205 g/mol. The van der Waals surface area contributed by atoms with Gasteiger partial charge in [-0.2, -0.15) is 0 Å². The van der Waals surface area contributed by atoms with Gasteiger partial charge in [-0.3, -0.25) is 4.79 Å². The van der Waals surface area contributed by atoms with E-state index in [-0.39, 0.29) is 11.4 Å². The van der Waals surface area contributed by atoms with Crippen LogP contribution in [0.5, 0.6) is 0 Å². The predicted octanol–water partition coefficient (Wildman–Crippen LogP) is 2.55. The van der Waals surface area contributed by atoms with Gasteiger partial charge in [0.1, 0.15) is 5.82 Å². The first kappa shape index (κ1) is 9.90. The van der Waals surface area contributed by atoms with E-state index in [0.29, 0.717) is 17.4 Å². The highest BCUT2D eigenvalue weighted by molar-refractivity contribution is 5.79. The molecule has 1 heterocycles. The Balaban J connectivity index is 2.81. The molecule has 0 unspecified atom stereocenters. The number of halogens is 1. The van der Waals surface area contributed by atoms with Crippen molar-refractivity contribution in [1.82, 2.24) is 4.57 Å². The molecule has 0 fully saturated rings. The second-order valence-electron chi connectivity index (χ2n) is 3.50. The minimum atomic E-state index is -0.280. The van der Waals surface area contributed by atoms with Crippen LogP contribution < -0.4 is 5.56 Å². The van der Waals surface area contributed by atoms with Gasteiger partial charge in [-0.15, -0.1) is 0 Å². The number of aryl methyl sites for hydroxylation is 1. The molecule has 78 valence electrons. The molecule has 0 aliphatic rings. The lowest BCUT2D eigenvalue weighted by Crippen LogP contribution is -2.19. The maximum atomic E-state index is 13.4. The van der Waals surface area contributed by atoms with Crippen molar-refractivity contribution < 1.29 is 4.39 Å². The Morgan fingerprint density at radius 3 is 2.80 bits per heavy atom. The smallest absolute Gasteiger partial charge is 0.251 e. The molecule has 1 aromatic carbocycles. The molecule has 0 N–H and O–H groups in total. The molecule has 0 saturated carbocycles. The molecule has 0 radical (unpaired) electrons. The van der Waals surface area contributed by atoms with Crippen molar-refractivity contribution in [3.05, 3.63) is 46.5 Å². The Morgan fingerprint density at radius 2 is 2.07 bits per heavy atom.